The molecule has 1 aliphatic heterocycles. The van der Waals surface area contributed by atoms with Crippen LogP contribution in [0.3, 0.4) is 0 Å². The zero-order valence-corrected chi connectivity index (χ0v) is 24.9. The molecule has 214 valence electrons. The highest BCUT2D eigenvalue weighted by Crippen LogP contribution is 2.33. The first-order valence-electron chi connectivity index (χ1n) is 13.9. The van der Waals surface area contributed by atoms with E-state index in [0.717, 1.165) is 60.8 Å². The minimum atomic E-state index is -1.13. The Morgan fingerprint density at radius 2 is 1.70 bits per heavy atom. The number of nitrogens with zero attached hydrogens (tertiary/aromatic N) is 2. The summed E-state index contributed by atoms with van der Waals surface area (Å²) < 4.78 is 6.36. The molecule has 9 heteroatoms. The normalized spacial score (nSPS) is 14.2. The van der Waals surface area contributed by atoms with Gasteiger partial charge in [-0.3, -0.25) is 19.3 Å². The third-order valence-electron chi connectivity index (χ3n) is 6.54. The summed E-state index contributed by atoms with van der Waals surface area (Å²) in [6.45, 7) is 5.58. The third-order valence-corrected chi connectivity index (χ3v) is 7.92. The number of carboxylic acid groups (broad SMARTS) is 1. The number of amides is 2. The number of thioether (sulfide) groups is 1. The van der Waals surface area contributed by atoms with Gasteiger partial charge in [0.2, 0.25) is 0 Å². The zero-order chi connectivity index (χ0) is 28.9. The molecule has 3 rings (SSSR count). The molecule has 1 heterocycles. The molecule has 1 fully saturated rings. The SMILES string of the molecule is CCCCCN(CCCCC)C(=O)c1cc(/C=C2\SC(=S)N(CC(=O)O)C2=O)ccc1OCCc1ccccc1. The van der Waals surface area contributed by atoms with Crippen LogP contribution in [0.25, 0.3) is 6.08 Å². The van der Waals surface area contributed by atoms with Crippen molar-refractivity contribution in [1.82, 2.24) is 9.80 Å². The van der Waals surface area contributed by atoms with Gasteiger partial charge < -0.3 is 14.7 Å². The van der Waals surface area contributed by atoms with Crippen LogP contribution in [-0.4, -0.2) is 63.3 Å². The van der Waals surface area contributed by atoms with Gasteiger partial charge in [-0.2, -0.15) is 0 Å². The van der Waals surface area contributed by atoms with Crippen LogP contribution in [0.5, 0.6) is 5.75 Å². The highest BCUT2D eigenvalue weighted by atomic mass is 32.2. The van der Waals surface area contributed by atoms with Crippen LogP contribution in [0.2, 0.25) is 0 Å². The van der Waals surface area contributed by atoms with Gasteiger partial charge in [0, 0.05) is 19.5 Å². The van der Waals surface area contributed by atoms with Crippen molar-refractivity contribution in [3.63, 3.8) is 0 Å². The molecule has 0 bridgehead atoms. The lowest BCUT2D eigenvalue weighted by molar-refractivity contribution is -0.140. The van der Waals surface area contributed by atoms with Crippen molar-refractivity contribution < 1.29 is 24.2 Å². The van der Waals surface area contributed by atoms with E-state index in [1.54, 1.807) is 24.3 Å². The Balaban J connectivity index is 1.89. The van der Waals surface area contributed by atoms with E-state index in [9.17, 15) is 14.4 Å². The van der Waals surface area contributed by atoms with Crippen LogP contribution in [0, 0.1) is 0 Å². The van der Waals surface area contributed by atoms with Crippen LogP contribution in [0.1, 0.15) is 73.9 Å². The Morgan fingerprint density at radius 1 is 1.02 bits per heavy atom. The molecule has 0 spiro atoms. The second kappa shape index (κ2) is 16.2. The Bertz CT molecular complexity index is 1210. The molecule has 40 heavy (non-hydrogen) atoms. The van der Waals surface area contributed by atoms with Gasteiger partial charge in [0.25, 0.3) is 11.8 Å². The Labute approximate surface area is 246 Å². The number of unbranched alkanes of at least 4 members (excludes halogenated alkanes) is 4. The molecule has 0 atom stereocenters. The highest BCUT2D eigenvalue weighted by molar-refractivity contribution is 8.26. The summed E-state index contributed by atoms with van der Waals surface area (Å²) in [4.78, 5) is 41.2. The predicted molar refractivity (Wildman–Crippen MR) is 165 cm³/mol. The third kappa shape index (κ3) is 9.20. The van der Waals surface area contributed by atoms with Gasteiger partial charge in [0.05, 0.1) is 17.1 Å². The molecule has 1 N–H and O–H groups in total. The molecule has 2 amide bonds. The number of carbonyl (C=O) groups excluding carboxylic acids is 2. The van der Waals surface area contributed by atoms with Crippen LogP contribution in [-0.2, 0) is 16.0 Å². The van der Waals surface area contributed by atoms with Crippen molar-refractivity contribution in [2.45, 2.75) is 58.8 Å². The molecular weight excluding hydrogens is 544 g/mol. The lowest BCUT2D eigenvalue weighted by atomic mass is 10.1. The Kier molecular flexibility index (Phi) is 12.7. The molecular formula is C31H38N2O5S2. The molecule has 0 aliphatic carbocycles. The molecule has 0 unspecified atom stereocenters. The minimum Gasteiger partial charge on any atom is -0.492 e. The van der Waals surface area contributed by atoms with E-state index in [1.807, 2.05) is 35.2 Å². The van der Waals surface area contributed by atoms with Gasteiger partial charge in [0.15, 0.2) is 0 Å². The van der Waals surface area contributed by atoms with E-state index in [1.165, 1.54) is 0 Å². The number of hydrogen-bond donors (Lipinski definition) is 1. The van der Waals surface area contributed by atoms with E-state index in [0.29, 0.717) is 47.9 Å². The van der Waals surface area contributed by atoms with Crippen LogP contribution >= 0.6 is 24.0 Å². The smallest absolute Gasteiger partial charge is 0.323 e. The van der Waals surface area contributed by atoms with Crippen molar-refractivity contribution in [3.05, 3.63) is 70.1 Å². The van der Waals surface area contributed by atoms with Crippen molar-refractivity contribution >= 4 is 52.2 Å². The van der Waals surface area contributed by atoms with Crippen LogP contribution < -0.4 is 4.74 Å². The van der Waals surface area contributed by atoms with Crippen LogP contribution in [0.4, 0.5) is 0 Å². The van der Waals surface area contributed by atoms with Gasteiger partial charge in [-0.05, 0) is 42.2 Å². The first-order chi connectivity index (χ1) is 19.3. The van der Waals surface area contributed by atoms with Gasteiger partial charge in [0.1, 0.15) is 16.6 Å². The fourth-order valence-electron chi connectivity index (χ4n) is 4.37. The highest BCUT2D eigenvalue weighted by Gasteiger charge is 2.33. The number of benzene rings is 2. The summed E-state index contributed by atoms with van der Waals surface area (Å²) in [7, 11) is 0. The van der Waals surface area contributed by atoms with Gasteiger partial charge in [-0.25, -0.2) is 0 Å². The fourth-order valence-corrected chi connectivity index (χ4v) is 5.62. The van der Waals surface area contributed by atoms with Crippen molar-refractivity contribution in [1.29, 1.82) is 0 Å². The van der Waals surface area contributed by atoms with E-state index >= 15 is 0 Å². The number of ether oxygens (including phenoxy) is 1. The maximum Gasteiger partial charge on any atom is 0.323 e. The summed E-state index contributed by atoms with van der Waals surface area (Å²) in [5.74, 6) is -1.16. The summed E-state index contributed by atoms with van der Waals surface area (Å²) >= 11 is 6.28. The van der Waals surface area contributed by atoms with E-state index in [2.05, 4.69) is 13.8 Å². The minimum absolute atomic E-state index is 0.0874. The first kappa shape index (κ1) is 31.4. The lowest BCUT2D eigenvalue weighted by Crippen LogP contribution is -2.33. The number of carboxylic acids is 1. The average Bonchev–Trinajstić information content (AvgIpc) is 3.20. The van der Waals surface area contributed by atoms with Crippen molar-refractivity contribution in [3.8, 4) is 5.75 Å². The van der Waals surface area contributed by atoms with Gasteiger partial charge in [-0.1, -0.05) is 99.9 Å². The van der Waals surface area contributed by atoms with Gasteiger partial charge >= 0.3 is 5.97 Å². The monoisotopic (exact) mass is 582 g/mol. The summed E-state index contributed by atoms with van der Waals surface area (Å²) in [6.07, 6.45) is 8.48. The fraction of sp³-hybridized carbons (Fsp3) is 0.419. The van der Waals surface area contributed by atoms with E-state index < -0.39 is 18.4 Å². The van der Waals surface area contributed by atoms with Crippen molar-refractivity contribution in [2.75, 3.05) is 26.2 Å². The Morgan fingerprint density at radius 3 is 2.33 bits per heavy atom. The topological polar surface area (TPSA) is 87.2 Å². The maximum atomic E-state index is 13.9. The molecule has 2 aromatic rings. The number of hydrogen-bond acceptors (Lipinski definition) is 6. The zero-order valence-electron chi connectivity index (χ0n) is 23.3. The second-order valence-corrected chi connectivity index (χ2v) is 11.4. The number of aliphatic carboxylic acids is 1. The molecule has 2 aromatic carbocycles. The average molecular weight is 583 g/mol. The van der Waals surface area contributed by atoms with Crippen LogP contribution in [0.15, 0.2) is 53.4 Å². The lowest BCUT2D eigenvalue weighted by Gasteiger charge is -2.24. The number of rotatable bonds is 16. The van der Waals surface area contributed by atoms with E-state index in [-0.39, 0.29) is 10.2 Å². The maximum absolute atomic E-state index is 13.9. The molecule has 1 saturated heterocycles. The van der Waals surface area contributed by atoms with Crippen molar-refractivity contribution in [2.24, 2.45) is 0 Å². The number of thiocarbonyl (C=S) groups is 1. The van der Waals surface area contributed by atoms with Gasteiger partial charge in [-0.15, -0.1) is 0 Å². The molecule has 0 saturated carbocycles. The van der Waals surface area contributed by atoms with E-state index in [4.69, 9.17) is 22.1 Å². The summed E-state index contributed by atoms with van der Waals surface area (Å²) in [5.41, 5.74) is 2.25. The molecule has 0 aromatic heterocycles. The largest absolute Gasteiger partial charge is 0.492 e. The standard InChI is InChI=1S/C31H38N2O5S2/c1-3-5-10-17-32(18-11-6-4-2)29(36)25-20-24(21-27-30(37)33(22-28(34)35)31(39)40-27)14-15-26(25)38-19-16-23-12-8-7-9-13-23/h7-9,12-15,20-21H,3-6,10-11,16-19,22H2,1-2H3,(H,34,35)/b27-21-. The molecule has 7 nitrogen and oxygen atoms in total. The summed E-state index contributed by atoms with van der Waals surface area (Å²) in [6, 6.07) is 15.4. The molecule has 1 aliphatic rings. The molecule has 0 radical (unpaired) electrons. The second-order valence-electron chi connectivity index (χ2n) is 9.71. The Hall–Kier alpha value is -3.17. The predicted octanol–water partition coefficient (Wildman–Crippen LogP) is 6.42. The number of carbonyl (C=O) groups is 3. The first-order valence-corrected chi connectivity index (χ1v) is 15.1. The summed E-state index contributed by atoms with van der Waals surface area (Å²) in [5, 5.41) is 9.13. The quantitative estimate of drug-likeness (QED) is 0.139.